The summed E-state index contributed by atoms with van der Waals surface area (Å²) in [5.74, 6) is 1.20. The van der Waals surface area contributed by atoms with Crippen molar-refractivity contribution >= 4 is 0 Å². The lowest BCUT2D eigenvalue weighted by Gasteiger charge is -2.28. The molecule has 0 bridgehead atoms. The summed E-state index contributed by atoms with van der Waals surface area (Å²) in [5, 5.41) is 0. The highest BCUT2D eigenvalue weighted by Gasteiger charge is 2.23. The summed E-state index contributed by atoms with van der Waals surface area (Å²) >= 11 is 0. The fourth-order valence-corrected chi connectivity index (χ4v) is 3.65. The molecular weight excluding hydrogens is 300 g/mol. The summed E-state index contributed by atoms with van der Waals surface area (Å²) in [7, 11) is 0. The van der Waals surface area contributed by atoms with Gasteiger partial charge in [0.25, 0.3) is 0 Å². The number of allylic oxidation sites excluding steroid dienone is 10. The molecule has 138 valence electrons. The summed E-state index contributed by atoms with van der Waals surface area (Å²) < 4.78 is 0. The second kappa shape index (κ2) is 11.1. The van der Waals surface area contributed by atoms with Crippen molar-refractivity contribution in [2.24, 2.45) is 11.8 Å². The Morgan fingerprint density at radius 2 is 1.96 bits per heavy atom. The summed E-state index contributed by atoms with van der Waals surface area (Å²) in [6.07, 6.45) is 18.2. The topological polar surface area (TPSA) is 0 Å². The third kappa shape index (κ3) is 6.69. The van der Waals surface area contributed by atoms with Crippen LogP contribution in [0.3, 0.4) is 0 Å². The molecule has 0 N–H and O–H groups in total. The molecule has 0 nitrogen and oxygen atoms in total. The molecule has 1 rings (SSSR count). The van der Waals surface area contributed by atoms with Crippen LogP contribution in [0.2, 0.25) is 0 Å². The lowest BCUT2D eigenvalue weighted by molar-refractivity contribution is 0.538. The minimum absolute atomic E-state index is 0.572. The van der Waals surface area contributed by atoms with Crippen molar-refractivity contribution in [3.8, 4) is 0 Å². The molecular formula is C25H38. The average molecular weight is 339 g/mol. The maximum atomic E-state index is 4.49. The van der Waals surface area contributed by atoms with Crippen LogP contribution in [0, 0.1) is 11.8 Å². The number of hydrogen-bond donors (Lipinski definition) is 0. The Morgan fingerprint density at radius 3 is 2.52 bits per heavy atom. The van der Waals surface area contributed by atoms with Crippen molar-refractivity contribution in [2.45, 2.75) is 73.1 Å². The molecule has 0 radical (unpaired) electrons. The molecule has 1 aliphatic rings. The Bertz CT molecular complexity index is 577. The molecule has 1 aliphatic carbocycles. The van der Waals surface area contributed by atoms with Gasteiger partial charge in [0.05, 0.1) is 0 Å². The van der Waals surface area contributed by atoms with Crippen molar-refractivity contribution < 1.29 is 0 Å². The van der Waals surface area contributed by atoms with Crippen LogP contribution in [-0.2, 0) is 0 Å². The van der Waals surface area contributed by atoms with Gasteiger partial charge < -0.3 is 0 Å². The highest BCUT2D eigenvalue weighted by molar-refractivity contribution is 5.50. The van der Waals surface area contributed by atoms with E-state index in [1.807, 2.05) is 6.08 Å². The standard InChI is InChI=1S/C25H38/c1-8-12-22(11-4)16-20(6)18-23-14-15-24(17-19(5)10-3)25(13-9-2)21(23)7/h8-9,13,16-17,22-23H,1,7,10-12,14-15,18H2,2-6H3. The van der Waals surface area contributed by atoms with Crippen molar-refractivity contribution in [3.63, 3.8) is 0 Å². The van der Waals surface area contributed by atoms with E-state index in [1.54, 1.807) is 0 Å². The maximum Gasteiger partial charge on any atom is -0.0122 e. The van der Waals surface area contributed by atoms with E-state index in [-0.39, 0.29) is 0 Å². The van der Waals surface area contributed by atoms with Gasteiger partial charge in [0, 0.05) is 0 Å². The van der Waals surface area contributed by atoms with Crippen molar-refractivity contribution in [3.05, 3.63) is 71.4 Å². The summed E-state index contributed by atoms with van der Waals surface area (Å²) in [5.41, 5.74) is 7.12. The van der Waals surface area contributed by atoms with Gasteiger partial charge in [-0.1, -0.05) is 62.0 Å². The van der Waals surface area contributed by atoms with Crippen molar-refractivity contribution in [2.75, 3.05) is 0 Å². The molecule has 0 aromatic heterocycles. The van der Waals surface area contributed by atoms with Crippen LogP contribution in [-0.4, -0.2) is 0 Å². The summed E-state index contributed by atoms with van der Waals surface area (Å²) in [4.78, 5) is 0. The predicted molar refractivity (Wildman–Crippen MR) is 115 cm³/mol. The monoisotopic (exact) mass is 338 g/mol. The fraction of sp³-hybridized carbons (Fsp3) is 0.520. The van der Waals surface area contributed by atoms with Crippen LogP contribution in [0.25, 0.3) is 0 Å². The summed E-state index contributed by atoms with van der Waals surface area (Å²) in [6.45, 7) is 19.5. The van der Waals surface area contributed by atoms with E-state index in [1.165, 1.54) is 40.7 Å². The first-order chi connectivity index (χ1) is 12.0. The summed E-state index contributed by atoms with van der Waals surface area (Å²) in [6, 6.07) is 0. The lowest BCUT2D eigenvalue weighted by Crippen LogP contribution is -2.13. The van der Waals surface area contributed by atoms with Gasteiger partial charge in [0.15, 0.2) is 0 Å². The first kappa shape index (κ1) is 21.5. The van der Waals surface area contributed by atoms with E-state index in [9.17, 15) is 0 Å². The zero-order valence-electron chi connectivity index (χ0n) is 17.2. The van der Waals surface area contributed by atoms with E-state index in [4.69, 9.17) is 0 Å². The molecule has 0 saturated heterocycles. The quantitative estimate of drug-likeness (QED) is 0.372. The molecule has 25 heavy (non-hydrogen) atoms. The largest absolute Gasteiger partial charge is 0.103 e. The molecule has 0 heteroatoms. The van der Waals surface area contributed by atoms with Crippen LogP contribution in [0.5, 0.6) is 0 Å². The van der Waals surface area contributed by atoms with E-state index >= 15 is 0 Å². The second-order valence-electron chi connectivity index (χ2n) is 7.45. The van der Waals surface area contributed by atoms with Gasteiger partial charge in [-0.3, -0.25) is 0 Å². The fourth-order valence-electron chi connectivity index (χ4n) is 3.65. The minimum Gasteiger partial charge on any atom is -0.103 e. The van der Waals surface area contributed by atoms with Crippen molar-refractivity contribution in [1.82, 2.24) is 0 Å². The molecule has 2 unspecified atom stereocenters. The van der Waals surface area contributed by atoms with Gasteiger partial charge in [-0.25, -0.2) is 0 Å². The van der Waals surface area contributed by atoms with Crippen LogP contribution in [0.4, 0.5) is 0 Å². The van der Waals surface area contributed by atoms with Gasteiger partial charge in [-0.15, -0.1) is 6.58 Å². The molecule has 0 spiro atoms. The Balaban J connectivity index is 2.98. The highest BCUT2D eigenvalue weighted by atomic mass is 14.3. The number of hydrogen-bond acceptors (Lipinski definition) is 0. The van der Waals surface area contributed by atoms with Crippen LogP contribution in [0.15, 0.2) is 71.4 Å². The molecule has 0 amide bonds. The van der Waals surface area contributed by atoms with Crippen LogP contribution in [0.1, 0.15) is 73.1 Å². The third-order valence-corrected chi connectivity index (χ3v) is 5.34. The first-order valence-corrected chi connectivity index (χ1v) is 9.97. The number of rotatable bonds is 9. The predicted octanol–water partition coefficient (Wildman–Crippen LogP) is 8.12. The van der Waals surface area contributed by atoms with E-state index in [0.717, 1.165) is 25.7 Å². The molecule has 0 aliphatic heterocycles. The lowest BCUT2D eigenvalue weighted by atomic mass is 9.76. The molecule has 0 saturated carbocycles. The van der Waals surface area contributed by atoms with E-state index in [2.05, 4.69) is 72.1 Å². The SMILES string of the molecule is C=CCC(C=C(C)CC1CCC(C=C(C)CC)=C(C=CC)C1=C)CC. The smallest absolute Gasteiger partial charge is 0.0122 e. The van der Waals surface area contributed by atoms with E-state index < -0.39 is 0 Å². The normalized spacial score (nSPS) is 21.2. The van der Waals surface area contributed by atoms with E-state index in [0.29, 0.717) is 11.8 Å². The molecule has 2 atom stereocenters. The Hall–Kier alpha value is -1.56. The highest BCUT2D eigenvalue weighted by Crippen LogP contribution is 2.38. The van der Waals surface area contributed by atoms with Crippen LogP contribution < -0.4 is 0 Å². The van der Waals surface area contributed by atoms with Gasteiger partial charge >= 0.3 is 0 Å². The average Bonchev–Trinajstić information content (AvgIpc) is 2.59. The van der Waals surface area contributed by atoms with Crippen LogP contribution >= 0.6 is 0 Å². The zero-order chi connectivity index (χ0) is 18.8. The first-order valence-electron chi connectivity index (χ1n) is 9.97. The second-order valence-corrected chi connectivity index (χ2v) is 7.45. The Kier molecular flexibility index (Phi) is 9.57. The molecule has 0 aromatic carbocycles. The minimum atomic E-state index is 0.572. The van der Waals surface area contributed by atoms with Gasteiger partial charge in [-0.05, 0) is 87.9 Å². The molecule has 0 fully saturated rings. The zero-order valence-corrected chi connectivity index (χ0v) is 17.2. The van der Waals surface area contributed by atoms with Gasteiger partial charge in [0.2, 0.25) is 0 Å². The molecule has 0 aromatic rings. The Morgan fingerprint density at radius 1 is 1.24 bits per heavy atom. The van der Waals surface area contributed by atoms with Crippen molar-refractivity contribution in [1.29, 1.82) is 0 Å². The van der Waals surface area contributed by atoms with Gasteiger partial charge in [-0.2, -0.15) is 0 Å². The Labute approximate surface area is 156 Å². The molecule has 0 heterocycles. The maximum absolute atomic E-state index is 4.49. The third-order valence-electron chi connectivity index (χ3n) is 5.34. The van der Waals surface area contributed by atoms with Gasteiger partial charge in [0.1, 0.15) is 0 Å².